The van der Waals surface area contributed by atoms with Crippen LogP contribution < -0.4 is 5.32 Å². The Morgan fingerprint density at radius 1 is 1.42 bits per heavy atom. The molecule has 1 aromatic rings. The molecule has 0 aliphatic heterocycles. The SMILES string of the molecule is CC(C)(C(=O)Nc1ccc(Br)cc1C#N)S(C)(=O)=O. The van der Waals surface area contributed by atoms with Crippen molar-refractivity contribution in [3.63, 3.8) is 0 Å². The number of carbonyl (C=O) groups is 1. The van der Waals surface area contributed by atoms with Crippen LogP contribution >= 0.6 is 15.9 Å². The van der Waals surface area contributed by atoms with E-state index in [2.05, 4.69) is 21.2 Å². The maximum absolute atomic E-state index is 12.0. The lowest BCUT2D eigenvalue weighted by Gasteiger charge is -2.21. The van der Waals surface area contributed by atoms with Crippen LogP contribution in [0.25, 0.3) is 0 Å². The molecule has 0 saturated carbocycles. The number of benzene rings is 1. The van der Waals surface area contributed by atoms with Crippen LogP contribution in [0, 0.1) is 11.3 Å². The van der Waals surface area contributed by atoms with Gasteiger partial charge in [0.25, 0.3) is 0 Å². The molecule has 0 spiro atoms. The fourth-order valence-electron chi connectivity index (χ4n) is 1.16. The molecular weight excluding hydrogens is 332 g/mol. The molecule has 0 aromatic heterocycles. The molecule has 0 radical (unpaired) electrons. The van der Waals surface area contributed by atoms with Gasteiger partial charge in [0, 0.05) is 10.7 Å². The van der Waals surface area contributed by atoms with Crippen LogP contribution in [-0.2, 0) is 14.6 Å². The first-order chi connectivity index (χ1) is 8.59. The Bertz CT molecular complexity index is 660. The Kier molecular flexibility index (Phi) is 4.38. The van der Waals surface area contributed by atoms with E-state index in [1.54, 1.807) is 18.2 Å². The van der Waals surface area contributed by atoms with Crippen LogP contribution in [0.4, 0.5) is 5.69 Å². The zero-order chi connectivity index (χ0) is 14.8. The number of rotatable bonds is 3. The number of amides is 1. The summed E-state index contributed by atoms with van der Waals surface area (Å²) in [6.45, 7) is 2.64. The van der Waals surface area contributed by atoms with Gasteiger partial charge in [-0.15, -0.1) is 0 Å². The first kappa shape index (κ1) is 15.7. The summed E-state index contributed by atoms with van der Waals surface area (Å²) >= 11 is 3.21. The van der Waals surface area contributed by atoms with Crippen LogP contribution in [0.3, 0.4) is 0 Å². The second kappa shape index (κ2) is 5.31. The lowest BCUT2D eigenvalue weighted by Crippen LogP contribution is -2.44. The number of nitriles is 1. The van der Waals surface area contributed by atoms with Gasteiger partial charge in [0.05, 0.1) is 11.3 Å². The fraction of sp³-hybridized carbons (Fsp3) is 0.333. The van der Waals surface area contributed by atoms with Gasteiger partial charge in [-0.3, -0.25) is 4.79 Å². The average Bonchev–Trinajstić information content (AvgIpc) is 2.29. The lowest BCUT2D eigenvalue weighted by molar-refractivity contribution is -0.117. The summed E-state index contributed by atoms with van der Waals surface area (Å²) in [6, 6.07) is 6.68. The van der Waals surface area contributed by atoms with Gasteiger partial charge in [0.15, 0.2) is 9.84 Å². The monoisotopic (exact) mass is 344 g/mol. The number of nitrogens with one attached hydrogen (secondary N) is 1. The lowest BCUT2D eigenvalue weighted by atomic mass is 10.1. The largest absolute Gasteiger partial charge is 0.324 e. The molecule has 1 N–H and O–H groups in total. The van der Waals surface area contributed by atoms with Gasteiger partial charge >= 0.3 is 0 Å². The van der Waals surface area contributed by atoms with Gasteiger partial charge in [-0.2, -0.15) is 5.26 Å². The maximum Gasteiger partial charge on any atom is 0.245 e. The summed E-state index contributed by atoms with van der Waals surface area (Å²) in [5.74, 6) is -0.672. The number of hydrogen-bond acceptors (Lipinski definition) is 4. The predicted octanol–water partition coefficient (Wildman–Crippen LogP) is 2.08. The number of hydrogen-bond donors (Lipinski definition) is 1. The Morgan fingerprint density at radius 3 is 2.47 bits per heavy atom. The predicted molar refractivity (Wildman–Crippen MR) is 76.4 cm³/mol. The number of halogens is 1. The third-order valence-corrected chi connectivity index (χ3v) is 5.36. The van der Waals surface area contributed by atoms with E-state index in [1.807, 2.05) is 6.07 Å². The molecule has 102 valence electrons. The highest BCUT2D eigenvalue weighted by Crippen LogP contribution is 2.23. The van der Waals surface area contributed by atoms with E-state index in [9.17, 15) is 13.2 Å². The smallest absolute Gasteiger partial charge is 0.245 e. The minimum Gasteiger partial charge on any atom is -0.324 e. The molecule has 1 rings (SSSR count). The summed E-state index contributed by atoms with van der Waals surface area (Å²) < 4.78 is 22.3. The van der Waals surface area contributed by atoms with Crippen molar-refractivity contribution in [2.45, 2.75) is 18.6 Å². The van der Waals surface area contributed by atoms with Crippen molar-refractivity contribution in [1.29, 1.82) is 5.26 Å². The summed E-state index contributed by atoms with van der Waals surface area (Å²) in [7, 11) is -3.55. The third kappa shape index (κ3) is 3.33. The van der Waals surface area contributed by atoms with E-state index in [-0.39, 0.29) is 11.3 Å². The number of sulfone groups is 1. The Morgan fingerprint density at radius 2 is 2.00 bits per heavy atom. The van der Waals surface area contributed by atoms with E-state index in [0.29, 0.717) is 4.47 Å². The third-order valence-electron chi connectivity index (χ3n) is 2.82. The Labute approximate surface area is 120 Å². The quantitative estimate of drug-likeness (QED) is 0.909. The van der Waals surface area contributed by atoms with E-state index in [4.69, 9.17) is 5.26 Å². The van der Waals surface area contributed by atoms with Gasteiger partial charge in [-0.05, 0) is 32.0 Å². The van der Waals surface area contributed by atoms with Crippen LogP contribution in [-0.4, -0.2) is 25.3 Å². The van der Waals surface area contributed by atoms with Crippen molar-refractivity contribution in [1.82, 2.24) is 0 Å². The van der Waals surface area contributed by atoms with Crippen molar-refractivity contribution >= 4 is 37.4 Å². The highest BCUT2D eigenvalue weighted by molar-refractivity contribution is 9.10. The summed E-state index contributed by atoms with van der Waals surface area (Å²) in [5.41, 5.74) is 0.541. The molecule has 0 aliphatic carbocycles. The molecule has 1 aromatic carbocycles. The maximum atomic E-state index is 12.0. The highest BCUT2D eigenvalue weighted by Gasteiger charge is 2.38. The van der Waals surface area contributed by atoms with Crippen molar-refractivity contribution < 1.29 is 13.2 Å². The van der Waals surface area contributed by atoms with Crippen molar-refractivity contribution in [3.05, 3.63) is 28.2 Å². The fourth-order valence-corrected chi connectivity index (χ4v) is 1.91. The van der Waals surface area contributed by atoms with Crippen LogP contribution in [0.2, 0.25) is 0 Å². The summed E-state index contributed by atoms with van der Waals surface area (Å²) in [6.07, 6.45) is 0.999. The van der Waals surface area contributed by atoms with Gasteiger partial charge in [-0.1, -0.05) is 15.9 Å². The zero-order valence-corrected chi connectivity index (χ0v) is 13.1. The second-order valence-corrected chi connectivity index (χ2v) is 8.02. The van der Waals surface area contributed by atoms with Crippen molar-refractivity contribution in [2.24, 2.45) is 0 Å². The van der Waals surface area contributed by atoms with E-state index in [0.717, 1.165) is 6.26 Å². The van der Waals surface area contributed by atoms with Gasteiger partial charge in [0.2, 0.25) is 5.91 Å². The summed E-state index contributed by atoms with van der Waals surface area (Å²) in [5, 5.41) is 11.5. The Balaban J connectivity index is 3.12. The zero-order valence-electron chi connectivity index (χ0n) is 10.7. The normalized spacial score (nSPS) is 11.7. The van der Waals surface area contributed by atoms with E-state index < -0.39 is 20.5 Å². The molecule has 7 heteroatoms. The molecule has 0 aliphatic rings. The number of anilines is 1. The molecule has 0 unspecified atom stereocenters. The molecular formula is C12H13BrN2O3S. The van der Waals surface area contributed by atoms with E-state index >= 15 is 0 Å². The molecule has 0 atom stereocenters. The van der Waals surface area contributed by atoms with Crippen LogP contribution in [0.1, 0.15) is 19.4 Å². The highest BCUT2D eigenvalue weighted by atomic mass is 79.9. The molecule has 0 heterocycles. The van der Waals surface area contributed by atoms with E-state index in [1.165, 1.54) is 13.8 Å². The van der Waals surface area contributed by atoms with Crippen molar-refractivity contribution in [2.75, 3.05) is 11.6 Å². The van der Waals surface area contributed by atoms with Gasteiger partial charge < -0.3 is 5.32 Å². The first-order valence-electron chi connectivity index (χ1n) is 5.30. The van der Waals surface area contributed by atoms with Crippen LogP contribution in [0.15, 0.2) is 22.7 Å². The first-order valence-corrected chi connectivity index (χ1v) is 7.98. The molecule has 5 nitrogen and oxygen atoms in total. The summed E-state index contributed by atoms with van der Waals surface area (Å²) in [4.78, 5) is 12.0. The molecule has 0 bridgehead atoms. The van der Waals surface area contributed by atoms with Crippen LogP contribution in [0.5, 0.6) is 0 Å². The second-order valence-electron chi connectivity index (χ2n) is 4.54. The Hall–Kier alpha value is -1.39. The molecule has 1 amide bonds. The van der Waals surface area contributed by atoms with Crippen molar-refractivity contribution in [3.8, 4) is 6.07 Å². The minimum absolute atomic E-state index is 0.257. The minimum atomic E-state index is -3.55. The molecule has 0 saturated heterocycles. The topological polar surface area (TPSA) is 87.0 Å². The number of carbonyl (C=O) groups excluding carboxylic acids is 1. The number of nitrogens with zero attached hydrogens (tertiary/aromatic N) is 1. The standard InChI is InChI=1S/C12H13BrN2O3S/c1-12(2,19(3,17)18)11(16)15-10-5-4-9(13)6-8(10)7-14/h4-6H,1-3H3,(H,15,16). The molecule has 0 fully saturated rings. The average molecular weight is 345 g/mol. The van der Waals surface area contributed by atoms with Gasteiger partial charge in [-0.25, -0.2) is 8.42 Å². The molecule has 19 heavy (non-hydrogen) atoms. The van der Waals surface area contributed by atoms with Gasteiger partial charge in [0.1, 0.15) is 10.8 Å².